The Kier molecular flexibility index (Phi) is 4.92. The minimum Gasteiger partial charge on any atom is -0.329 e. The van der Waals surface area contributed by atoms with Gasteiger partial charge < -0.3 is 11.1 Å². The summed E-state index contributed by atoms with van der Waals surface area (Å²) >= 11 is 0. The van der Waals surface area contributed by atoms with E-state index in [4.69, 9.17) is 5.73 Å². The molecule has 1 aromatic carbocycles. The highest BCUT2D eigenvalue weighted by Crippen LogP contribution is 2.27. The van der Waals surface area contributed by atoms with Crippen molar-refractivity contribution >= 4 is 11.6 Å². The summed E-state index contributed by atoms with van der Waals surface area (Å²) in [5.41, 5.74) is 6.96. The summed E-state index contributed by atoms with van der Waals surface area (Å²) in [5.74, 6) is 1.39. The molecule has 0 aliphatic heterocycles. The topological polar surface area (TPSA) is 96.7 Å². The summed E-state index contributed by atoms with van der Waals surface area (Å²) in [4.78, 5) is 16.7. The van der Waals surface area contributed by atoms with Gasteiger partial charge in [-0.05, 0) is 44.0 Å². The Morgan fingerprint density at radius 3 is 2.36 bits per heavy atom. The molecule has 1 aromatic heterocycles. The number of amides is 1. The SMILES string of the molecule is CCC(CC)(CN)C(=O)Nc1ccc(-c2n[nH]c(C)n2)cc1. The first kappa shape index (κ1) is 16.2. The lowest BCUT2D eigenvalue weighted by Crippen LogP contribution is -2.41. The Hall–Kier alpha value is -2.21. The molecule has 0 spiro atoms. The van der Waals surface area contributed by atoms with Crippen LogP contribution in [0.2, 0.25) is 0 Å². The van der Waals surface area contributed by atoms with E-state index < -0.39 is 5.41 Å². The number of aromatic amines is 1. The van der Waals surface area contributed by atoms with Crippen molar-refractivity contribution in [2.45, 2.75) is 33.6 Å². The first-order valence-corrected chi connectivity index (χ1v) is 7.55. The Morgan fingerprint density at radius 2 is 1.91 bits per heavy atom. The number of benzene rings is 1. The Morgan fingerprint density at radius 1 is 1.27 bits per heavy atom. The maximum Gasteiger partial charge on any atom is 0.231 e. The fourth-order valence-electron chi connectivity index (χ4n) is 2.39. The van der Waals surface area contributed by atoms with E-state index in [0.29, 0.717) is 12.4 Å². The van der Waals surface area contributed by atoms with Crippen molar-refractivity contribution in [2.24, 2.45) is 11.1 Å². The summed E-state index contributed by atoms with van der Waals surface area (Å²) in [6.07, 6.45) is 1.45. The van der Waals surface area contributed by atoms with Crippen LogP contribution >= 0.6 is 0 Å². The summed E-state index contributed by atoms with van der Waals surface area (Å²) < 4.78 is 0. The van der Waals surface area contributed by atoms with E-state index in [1.807, 2.05) is 45.0 Å². The number of nitrogens with zero attached hydrogens (tertiary/aromatic N) is 2. The number of carbonyl (C=O) groups excluding carboxylic acids is 1. The van der Waals surface area contributed by atoms with Gasteiger partial charge in [0, 0.05) is 17.8 Å². The van der Waals surface area contributed by atoms with Crippen LogP contribution in [0.4, 0.5) is 5.69 Å². The predicted molar refractivity (Wildman–Crippen MR) is 87.3 cm³/mol. The summed E-state index contributed by atoms with van der Waals surface area (Å²) in [5, 5.41) is 9.88. The molecule has 0 aliphatic rings. The maximum absolute atomic E-state index is 12.5. The lowest BCUT2D eigenvalue weighted by molar-refractivity contribution is -0.125. The molecule has 22 heavy (non-hydrogen) atoms. The number of carbonyl (C=O) groups is 1. The molecule has 0 radical (unpaired) electrons. The molecule has 6 nitrogen and oxygen atoms in total. The van der Waals surface area contributed by atoms with Crippen LogP contribution in [0, 0.1) is 12.3 Å². The molecule has 0 saturated carbocycles. The number of nitrogens with two attached hydrogens (primary N) is 1. The standard InChI is InChI=1S/C16H23N5O/c1-4-16(5-2,10-17)15(22)19-13-8-6-12(7-9-13)14-18-11(3)20-21-14/h6-9H,4-5,10,17H2,1-3H3,(H,19,22)(H,18,20,21). The van der Waals surface area contributed by atoms with Crippen LogP contribution < -0.4 is 11.1 Å². The van der Waals surface area contributed by atoms with E-state index in [2.05, 4.69) is 20.5 Å². The van der Waals surface area contributed by atoms with Gasteiger partial charge in [0.25, 0.3) is 0 Å². The number of aryl methyl sites for hydroxylation is 1. The minimum absolute atomic E-state index is 0.0264. The molecule has 0 atom stereocenters. The zero-order valence-electron chi connectivity index (χ0n) is 13.3. The highest BCUT2D eigenvalue weighted by atomic mass is 16.2. The second-order valence-corrected chi connectivity index (χ2v) is 5.47. The molecule has 6 heteroatoms. The molecule has 1 amide bonds. The number of hydrogen-bond acceptors (Lipinski definition) is 4. The van der Waals surface area contributed by atoms with E-state index >= 15 is 0 Å². The lowest BCUT2D eigenvalue weighted by atomic mass is 9.81. The van der Waals surface area contributed by atoms with Gasteiger partial charge in [-0.15, -0.1) is 0 Å². The number of anilines is 1. The van der Waals surface area contributed by atoms with E-state index in [9.17, 15) is 4.79 Å². The molecule has 0 unspecified atom stereocenters. The maximum atomic E-state index is 12.5. The number of rotatable bonds is 6. The number of aromatic nitrogens is 3. The van der Waals surface area contributed by atoms with E-state index in [0.717, 1.165) is 29.9 Å². The van der Waals surface area contributed by atoms with Crippen molar-refractivity contribution in [3.8, 4) is 11.4 Å². The molecule has 0 bridgehead atoms. The van der Waals surface area contributed by atoms with Gasteiger partial charge in [0.2, 0.25) is 5.91 Å². The van der Waals surface area contributed by atoms with Gasteiger partial charge >= 0.3 is 0 Å². The van der Waals surface area contributed by atoms with Crippen molar-refractivity contribution in [1.82, 2.24) is 15.2 Å². The predicted octanol–water partition coefficient (Wildman–Crippen LogP) is 2.48. The quantitative estimate of drug-likeness (QED) is 0.763. The van der Waals surface area contributed by atoms with Gasteiger partial charge in [-0.2, -0.15) is 5.10 Å². The third-order valence-corrected chi connectivity index (χ3v) is 4.22. The molecule has 4 N–H and O–H groups in total. The fraction of sp³-hybridized carbons (Fsp3) is 0.438. The van der Waals surface area contributed by atoms with E-state index in [1.165, 1.54) is 0 Å². The van der Waals surface area contributed by atoms with Crippen LogP contribution in [-0.4, -0.2) is 27.6 Å². The molecule has 2 rings (SSSR count). The third kappa shape index (κ3) is 3.17. The molecule has 118 valence electrons. The Bertz CT molecular complexity index is 620. The van der Waals surface area contributed by atoms with E-state index in [1.54, 1.807) is 0 Å². The third-order valence-electron chi connectivity index (χ3n) is 4.22. The van der Waals surface area contributed by atoms with Crippen molar-refractivity contribution in [3.05, 3.63) is 30.1 Å². The first-order chi connectivity index (χ1) is 10.5. The van der Waals surface area contributed by atoms with Gasteiger partial charge in [-0.3, -0.25) is 9.89 Å². The van der Waals surface area contributed by atoms with Crippen LogP contribution in [0.15, 0.2) is 24.3 Å². The molecule has 0 fully saturated rings. The Labute approximate surface area is 130 Å². The second-order valence-electron chi connectivity index (χ2n) is 5.47. The van der Waals surface area contributed by atoms with Crippen molar-refractivity contribution in [1.29, 1.82) is 0 Å². The summed E-state index contributed by atoms with van der Waals surface area (Å²) in [6, 6.07) is 7.48. The molecule has 0 aliphatic carbocycles. The summed E-state index contributed by atoms with van der Waals surface area (Å²) in [6.45, 7) is 6.18. The van der Waals surface area contributed by atoms with Crippen LogP contribution in [0.3, 0.4) is 0 Å². The zero-order valence-corrected chi connectivity index (χ0v) is 13.3. The Balaban J connectivity index is 2.13. The van der Waals surface area contributed by atoms with Crippen LogP contribution in [-0.2, 0) is 4.79 Å². The molecule has 1 heterocycles. The van der Waals surface area contributed by atoms with Gasteiger partial charge in [-0.1, -0.05) is 13.8 Å². The molecular weight excluding hydrogens is 278 g/mol. The average molecular weight is 301 g/mol. The highest BCUT2D eigenvalue weighted by Gasteiger charge is 2.33. The average Bonchev–Trinajstić information content (AvgIpc) is 2.97. The van der Waals surface area contributed by atoms with Gasteiger partial charge in [-0.25, -0.2) is 4.98 Å². The number of nitrogens with one attached hydrogen (secondary N) is 2. The first-order valence-electron chi connectivity index (χ1n) is 7.55. The highest BCUT2D eigenvalue weighted by molar-refractivity contribution is 5.95. The van der Waals surface area contributed by atoms with Crippen LogP contribution in [0.5, 0.6) is 0 Å². The molecule has 0 saturated heterocycles. The second kappa shape index (κ2) is 6.70. The van der Waals surface area contributed by atoms with Gasteiger partial charge in [0.15, 0.2) is 5.82 Å². The largest absolute Gasteiger partial charge is 0.329 e. The van der Waals surface area contributed by atoms with Crippen LogP contribution in [0.25, 0.3) is 11.4 Å². The van der Waals surface area contributed by atoms with Gasteiger partial charge in [0.05, 0.1) is 5.41 Å². The summed E-state index contributed by atoms with van der Waals surface area (Å²) in [7, 11) is 0. The normalized spacial score (nSPS) is 11.5. The number of hydrogen-bond donors (Lipinski definition) is 3. The molecular formula is C16H23N5O. The lowest BCUT2D eigenvalue weighted by Gasteiger charge is -2.28. The fourth-order valence-corrected chi connectivity index (χ4v) is 2.39. The van der Waals surface area contributed by atoms with Crippen LogP contribution in [0.1, 0.15) is 32.5 Å². The smallest absolute Gasteiger partial charge is 0.231 e. The van der Waals surface area contributed by atoms with Crippen molar-refractivity contribution in [2.75, 3.05) is 11.9 Å². The van der Waals surface area contributed by atoms with Crippen molar-refractivity contribution in [3.63, 3.8) is 0 Å². The monoisotopic (exact) mass is 301 g/mol. The number of H-pyrrole nitrogens is 1. The zero-order chi connectivity index (χ0) is 16.2. The van der Waals surface area contributed by atoms with Gasteiger partial charge in [0.1, 0.15) is 5.82 Å². The van der Waals surface area contributed by atoms with Crippen molar-refractivity contribution < 1.29 is 4.79 Å². The minimum atomic E-state index is -0.500. The molecule has 2 aromatic rings. The van der Waals surface area contributed by atoms with E-state index in [-0.39, 0.29) is 5.91 Å².